The standard InChI is InChI=1S/C11H22N2O3/c1-7(2)5-9(10(14)15)13-11(16)12-6-8(3)4/h7-9H,5-6H2,1-4H3,(H,14,15)(H2,12,13,16)/t9-/m0/s1. The Morgan fingerprint density at radius 1 is 1.12 bits per heavy atom. The number of aliphatic carboxylic acids is 1. The molecular weight excluding hydrogens is 208 g/mol. The number of hydrogen-bond acceptors (Lipinski definition) is 2. The summed E-state index contributed by atoms with van der Waals surface area (Å²) in [5, 5.41) is 14.0. The molecule has 0 unspecified atom stereocenters. The molecule has 0 aromatic heterocycles. The number of carboxylic acid groups (broad SMARTS) is 1. The van der Waals surface area contributed by atoms with Gasteiger partial charge in [0.25, 0.3) is 0 Å². The monoisotopic (exact) mass is 230 g/mol. The van der Waals surface area contributed by atoms with E-state index in [1.54, 1.807) is 0 Å². The molecule has 0 rings (SSSR count). The highest BCUT2D eigenvalue weighted by molar-refractivity contribution is 5.82. The summed E-state index contributed by atoms with van der Waals surface area (Å²) in [6.45, 7) is 8.33. The minimum atomic E-state index is -0.992. The Morgan fingerprint density at radius 3 is 2.06 bits per heavy atom. The van der Waals surface area contributed by atoms with Gasteiger partial charge in [-0.1, -0.05) is 27.7 Å². The number of hydrogen-bond donors (Lipinski definition) is 3. The molecule has 0 bridgehead atoms. The third kappa shape index (κ3) is 7.09. The van der Waals surface area contributed by atoms with Gasteiger partial charge in [0, 0.05) is 6.54 Å². The van der Waals surface area contributed by atoms with Crippen molar-refractivity contribution >= 4 is 12.0 Å². The lowest BCUT2D eigenvalue weighted by atomic mass is 10.0. The third-order valence-corrected chi connectivity index (χ3v) is 1.98. The van der Waals surface area contributed by atoms with Crippen LogP contribution >= 0.6 is 0 Å². The van der Waals surface area contributed by atoms with Gasteiger partial charge in [-0.05, 0) is 18.3 Å². The SMILES string of the molecule is CC(C)CNC(=O)N[C@@H](CC(C)C)C(=O)O. The second kappa shape index (κ2) is 7.09. The number of carboxylic acids is 1. The molecule has 0 saturated heterocycles. The van der Waals surface area contributed by atoms with Gasteiger partial charge < -0.3 is 15.7 Å². The van der Waals surface area contributed by atoms with Crippen molar-refractivity contribution in [1.29, 1.82) is 0 Å². The van der Waals surface area contributed by atoms with Gasteiger partial charge in [-0.25, -0.2) is 9.59 Å². The zero-order chi connectivity index (χ0) is 12.7. The maximum Gasteiger partial charge on any atom is 0.326 e. The molecule has 0 fully saturated rings. The van der Waals surface area contributed by atoms with Crippen molar-refractivity contribution in [3.8, 4) is 0 Å². The highest BCUT2D eigenvalue weighted by Gasteiger charge is 2.20. The van der Waals surface area contributed by atoms with Crippen LogP contribution in [0.3, 0.4) is 0 Å². The number of carbonyl (C=O) groups excluding carboxylic acids is 1. The molecule has 0 heterocycles. The second-order valence-electron chi connectivity index (χ2n) is 4.77. The highest BCUT2D eigenvalue weighted by atomic mass is 16.4. The number of amides is 2. The molecule has 16 heavy (non-hydrogen) atoms. The second-order valence-corrected chi connectivity index (χ2v) is 4.77. The predicted molar refractivity (Wildman–Crippen MR) is 62.3 cm³/mol. The Balaban J connectivity index is 4.08. The van der Waals surface area contributed by atoms with E-state index in [0.717, 1.165) is 0 Å². The van der Waals surface area contributed by atoms with Gasteiger partial charge >= 0.3 is 12.0 Å². The lowest BCUT2D eigenvalue weighted by molar-refractivity contribution is -0.139. The molecule has 0 aromatic carbocycles. The van der Waals surface area contributed by atoms with Crippen LogP contribution in [-0.2, 0) is 4.79 Å². The van der Waals surface area contributed by atoms with E-state index in [1.165, 1.54) is 0 Å². The van der Waals surface area contributed by atoms with Crippen LogP contribution in [-0.4, -0.2) is 29.7 Å². The normalized spacial score (nSPS) is 12.6. The third-order valence-electron chi connectivity index (χ3n) is 1.98. The molecule has 0 aliphatic carbocycles. The van der Waals surface area contributed by atoms with Crippen molar-refractivity contribution in [3.05, 3.63) is 0 Å². The smallest absolute Gasteiger partial charge is 0.326 e. The van der Waals surface area contributed by atoms with E-state index in [1.807, 2.05) is 27.7 Å². The summed E-state index contributed by atoms with van der Waals surface area (Å²) in [7, 11) is 0. The van der Waals surface area contributed by atoms with E-state index < -0.39 is 18.0 Å². The molecule has 0 saturated carbocycles. The van der Waals surface area contributed by atoms with Crippen molar-refractivity contribution < 1.29 is 14.7 Å². The van der Waals surface area contributed by atoms with Crippen LogP contribution in [0.1, 0.15) is 34.1 Å². The minimum absolute atomic E-state index is 0.228. The average molecular weight is 230 g/mol. The van der Waals surface area contributed by atoms with Crippen molar-refractivity contribution in [2.24, 2.45) is 11.8 Å². The molecule has 94 valence electrons. The zero-order valence-corrected chi connectivity index (χ0v) is 10.4. The maximum absolute atomic E-state index is 11.4. The van der Waals surface area contributed by atoms with E-state index in [0.29, 0.717) is 18.9 Å². The molecule has 5 nitrogen and oxygen atoms in total. The van der Waals surface area contributed by atoms with Crippen LogP contribution in [0.15, 0.2) is 0 Å². The van der Waals surface area contributed by atoms with E-state index in [2.05, 4.69) is 10.6 Å². The Labute approximate surface area is 96.6 Å². The first-order valence-corrected chi connectivity index (χ1v) is 5.60. The summed E-state index contributed by atoms with van der Waals surface area (Å²) >= 11 is 0. The summed E-state index contributed by atoms with van der Waals surface area (Å²) < 4.78 is 0. The Kier molecular flexibility index (Phi) is 6.53. The van der Waals surface area contributed by atoms with Crippen molar-refractivity contribution in [3.63, 3.8) is 0 Å². The van der Waals surface area contributed by atoms with Crippen LogP contribution in [0.25, 0.3) is 0 Å². The maximum atomic E-state index is 11.4. The molecule has 0 aromatic rings. The number of nitrogens with one attached hydrogen (secondary N) is 2. The molecular formula is C11H22N2O3. The van der Waals surface area contributed by atoms with Crippen LogP contribution < -0.4 is 10.6 Å². The fourth-order valence-corrected chi connectivity index (χ4v) is 1.20. The summed E-state index contributed by atoms with van der Waals surface area (Å²) in [4.78, 5) is 22.2. The van der Waals surface area contributed by atoms with Crippen molar-refractivity contribution in [2.75, 3.05) is 6.54 Å². The van der Waals surface area contributed by atoms with Gasteiger partial charge in [-0.15, -0.1) is 0 Å². The van der Waals surface area contributed by atoms with Crippen molar-refractivity contribution in [2.45, 2.75) is 40.2 Å². The Morgan fingerprint density at radius 2 is 1.69 bits per heavy atom. The predicted octanol–water partition coefficient (Wildman–Crippen LogP) is 1.44. The molecule has 0 radical (unpaired) electrons. The molecule has 0 spiro atoms. The fourth-order valence-electron chi connectivity index (χ4n) is 1.20. The number of carbonyl (C=O) groups is 2. The molecule has 5 heteroatoms. The van der Waals surface area contributed by atoms with Gasteiger partial charge in [0.15, 0.2) is 0 Å². The van der Waals surface area contributed by atoms with Crippen LogP contribution in [0.4, 0.5) is 4.79 Å². The van der Waals surface area contributed by atoms with Gasteiger partial charge in [0.05, 0.1) is 0 Å². The van der Waals surface area contributed by atoms with Gasteiger partial charge in [0.2, 0.25) is 0 Å². The zero-order valence-electron chi connectivity index (χ0n) is 10.4. The molecule has 2 amide bonds. The Bertz CT molecular complexity index is 239. The number of rotatable bonds is 6. The topological polar surface area (TPSA) is 78.4 Å². The van der Waals surface area contributed by atoms with Gasteiger partial charge in [-0.3, -0.25) is 0 Å². The Hall–Kier alpha value is -1.26. The van der Waals surface area contributed by atoms with Gasteiger partial charge in [0.1, 0.15) is 6.04 Å². The lowest BCUT2D eigenvalue weighted by Gasteiger charge is -2.17. The van der Waals surface area contributed by atoms with Crippen LogP contribution in [0.5, 0.6) is 0 Å². The van der Waals surface area contributed by atoms with E-state index in [4.69, 9.17) is 5.11 Å². The summed E-state index contributed by atoms with van der Waals surface area (Å²) in [6.07, 6.45) is 0.435. The summed E-state index contributed by atoms with van der Waals surface area (Å²) in [5.74, 6) is -0.418. The minimum Gasteiger partial charge on any atom is -0.480 e. The largest absolute Gasteiger partial charge is 0.480 e. The van der Waals surface area contributed by atoms with Crippen LogP contribution in [0.2, 0.25) is 0 Å². The summed E-state index contributed by atoms with van der Waals surface area (Å²) in [6, 6.07) is -1.23. The number of urea groups is 1. The molecule has 1 atom stereocenters. The summed E-state index contributed by atoms with van der Waals surface area (Å²) in [5.41, 5.74) is 0. The quantitative estimate of drug-likeness (QED) is 0.646. The van der Waals surface area contributed by atoms with Crippen LogP contribution in [0, 0.1) is 11.8 Å². The fraction of sp³-hybridized carbons (Fsp3) is 0.818. The van der Waals surface area contributed by atoms with E-state index in [-0.39, 0.29) is 5.92 Å². The first kappa shape index (κ1) is 14.7. The lowest BCUT2D eigenvalue weighted by Crippen LogP contribution is -2.47. The van der Waals surface area contributed by atoms with Gasteiger partial charge in [-0.2, -0.15) is 0 Å². The van der Waals surface area contributed by atoms with Crippen molar-refractivity contribution in [1.82, 2.24) is 10.6 Å². The first-order chi connectivity index (χ1) is 7.32. The molecule has 0 aliphatic heterocycles. The first-order valence-electron chi connectivity index (χ1n) is 5.60. The van der Waals surface area contributed by atoms with E-state index >= 15 is 0 Å². The highest BCUT2D eigenvalue weighted by Crippen LogP contribution is 2.04. The van der Waals surface area contributed by atoms with E-state index in [9.17, 15) is 9.59 Å². The molecule has 0 aliphatic rings. The molecule has 3 N–H and O–H groups in total. The average Bonchev–Trinajstić information content (AvgIpc) is 2.12.